The van der Waals surface area contributed by atoms with E-state index in [1.165, 1.54) is 0 Å². The first-order valence-corrected chi connectivity index (χ1v) is 6.94. The number of hydrogen-bond donors (Lipinski definition) is 3. The summed E-state index contributed by atoms with van der Waals surface area (Å²) in [5.74, 6) is -0.0935. The van der Waals surface area contributed by atoms with Crippen molar-refractivity contribution >= 4 is 12.0 Å². The summed E-state index contributed by atoms with van der Waals surface area (Å²) in [6.07, 6.45) is 1.45. The topological polar surface area (TPSA) is 104 Å². The number of carboxylic acid groups (broad SMARTS) is 1. The zero-order valence-electron chi connectivity index (χ0n) is 12.7. The van der Waals surface area contributed by atoms with E-state index in [-0.39, 0.29) is 17.9 Å². The maximum Gasteiger partial charge on any atom is 0.315 e. The molecule has 7 nitrogen and oxygen atoms in total. The Morgan fingerprint density at radius 3 is 2.62 bits per heavy atom. The summed E-state index contributed by atoms with van der Waals surface area (Å²) < 4.78 is 4.90. The van der Waals surface area contributed by atoms with Gasteiger partial charge in [-0.3, -0.25) is 4.79 Å². The van der Waals surface area contributed by atoms with Gasteiger partial charge in [0.05, 0.1) is 6.54 Å². The summed E-state index contributed by atoms with van der Waals surface area (Å²) in [6, 6.07) is 1.49. The van der Waals surface area contributed by atoms with Crippen molar-refractivity contribution in [1.29, 1.82) is 0 Å². The van der Waals surface area contributed by atoms with E-state index >= 15 is 0 Å². The van der Waals surface area contributed by atoms with Gasteiger partial charge in [0, 0.05) is 19.0 Å². The molecule has 0 unspecified atom stereocenters. The summed E-state index contributed by atoms with van der Waals surface area (Å²) in [6.45, 7) is 6.58. The molecule has 0 aliphatic heterocycles. The standard InChI is InChI=1S/C14H23N3O4/c1-10-8-11(17-21-10)9-16-13(20)15-7-6-14(2,3)5-4-12(18)19/h8H,4-7,9H2,1-3H3,(H,18,19)(H2,15,16,20). The largest absolute Gasteiger partial charge is 0.481 e. The SMILES string of the molecule is Cc1cc(CNC(=O)NCCC(C)(C)CCC(=O)O)no1. The summed E-state index contributed by atoms with van der Waals surface area (Å²) in [7, 11) is 0. The lowest BCUT2D eigenvalue weighted by atomic mass is 9.84. The number of aryl methyl sites for hydroxylation is 1. The first-order chi connectivity index (χ1) is 9.78. The van der Waals surface area contributed by atoms with Gasteiger partial charge >= 0.3 is 12.0 Å². The average molecular weight is 297 g/mol. The highest BCUT2D eigenvalue weighted by molar-refractivity contribution is 5.73. The summed E-state index contributed by atoms with van der Waals surface area (Å²) in [4.78, 5) is 22.2. The number of carbonyl (C=O) groups excluding carboxylic acids is 1. The fraction of sp³-hybridized carbons (Fsp3) is 0.643. The van der Waals surface area contributed by atoms with Crippen LogP contribution < -0.4 is 10.6 Å². The van der Waals surface area contributed by atoms with E-state index in [0.29, 0.717) is 31.0 Å². The number of rotatable bonds is 8. The van der Waals surface area contributed by atoms with Crippen LogP contribution in [-0.2, 0) is 11.3 Å². The van der Waals surface area contributed by atoms with Crippen molar-refractivity contribution in [2.45, 2.75) is 46.6 Å². The van der Waals surface area contributed by atoms with Crippen LogP contribution in [0.15, 0.2) is 10.6 Å². The van der Waals surface area contributed by atoms with E-state index in [0.717, 1.165) is 6.42 Å². The molecular weight excluding hydrogens is 274 g/mol. The quantitative estimate of drug-likeness (QED) is 0.681. The molecular formula is C14H23N3O4. The van der Waals surface area contributed by atoms with Gasteiger partial charge in [-0.1, -0.05) is 19.0 Å². The van der Waals surface area contributed by atoms with Crippen LogP contribution in [0.5, 0.6) is 0 Å². The molecule has 0 radical (unpaired) electrons. The molecule has 21 heavy (non-hydrogen) atoms. The van der Waals surface area contributed by atoms with Crippen molar-refractivity contribution in [2.75, 3.05) is 6.54 Å². The Hall–Kier alpha value is -2.05. The highest BCUT2D eigenvalue weighted by Crippen LogP contribution is 2.25. The first kappa shape index (κ1) is 17.0. The molecule has 1 aromatic rings. The van der Waals surface area contributed by atoms with Gasteiger partial charge in [-0.25, -0.2) is 4.79 Å². The first-order valence-electron chi connectivity index (χ1n) is 6.94. The van der Waals surface area contributed by atoms with Crippen molar-refractivity contribution in [3.8, 4) is 0 Å². The third-order valence-electron chi connectivity index (χ3n) is 3.21. The summed E-state index contributed by atoms with van der Waals surface area (Å²) >= 11 is 0. The van der Waals surface area contributed by atoms with E-state index < -0.39 is 5.97 Å². The van der Waals surface area contributed by atoms with E-state index in [2.05, 4.69) is 15.8 Å². The second-order valence-electron chi connectivity index (χ2n) is 5.85. The van der Waals surface area contributed by atoms with Crippen LogP contribution in [0.2, 0.25) is 0 Å². The molecule has 0 spiro atoms. The highest BCUT2D eigenvalue weighted by atomic mass is 16.5. The Morgan fingerprint density at radius 2 is 2.05 bits per heavy atom. The van der Waals surface area contributed by atoms with Gasteiger partial charge in [0.15, 0.2) is 0 Å². The molecule has 0 aromatic carbocycles. The number of nitrogens with one attached hydrogen (secondary N) is 2. The van der Waals surface area contributed by atoms with Crippen molar-refractivity contribution < 1.29 is 19.2 Å². The van der Waals surface area contributed by atoms with Crippen molar-refractivity contribution in [3.05, 3.63) is 17.5 Å². The molecule has 0 aliphatic rings. The average Bonchev–Trinajstić information content (AvgIpc) is 2.80. The van der Waals surface area contributed by atoms with Crippen LogP contribution in [0.25, 0.3) is 0 Å². The Bertz CT molecular complexity index is 482. The molecule has 3 N–H and O–H groups in total. The molecule has 0 saturated carbocycles. The number of amides is 2. The van der Waals surface area contributed by atoms with Gasteiger partial charge in [0.2, 0.25) is 0 Å². The van der Waals surface area contributed by atoms with E-state index in [1.807, 2.05) is 13.8 Å². The molecule has 0 atom stereocenters. The van der Waals surface area contributed by atoms with Crippen LogP contribution in [0.1, 0.15) is 44.6 Å². The third-order valence-corrected chi connectivity index (χ3v) is 3.21. The zero-order valence-corrected chi connectivity index (χ0v) is 12.7. The second-order valence-corrected chi connectivity index (χ2v) is 5.85. The van der Waals surface area contributed by atoms with Gasteiger partial charge in [-0.05, 0) is 25.2 Å². The Morgan fingerprint density at radius 1 is 1.33 bits per heavy atom. The van der Waals surface area contributed by atoms with Gasteiger partial charge in [0.1, 0.15) is 11.5 Å². The molecule has 1 rings (SSSR count). The Labute approximate surface area is 124 Å². The number of urea groups is 1. The molecule has 2 amide bonds. The number of carboxylic acids is 1. The van der Waals surface area contributed by atoms with Crippen molar-refractivity contribution in [2.24, 2.45) is 5.41 Å². The van der Waals surface area contributed by atoms with E-state index in [4.69, 9.17) is 9.63 Å². The van der Waals surface area contributed by atoms with Gasteiger partial charge in [-0.2, -0.15) is 0 Å². The van der Waals surface area contributed by atoms with Crippen LogP contribution in [0.3, 0.4) is 0 Å². The fourth-order valence-corrected chi connectivity index (χ4v) is 1.82. The molecule has 1 heterocycles. The highest BCUT2D eigenvalue weighted by Gasteiger charge is 2.19. The maximum absolute atomic E-state index is 11.6. The van der Waals surface area contributed by atoms with Gasteiger partial charge in [-0.15, -0.1) is 0 Å². The van der Waals surface area contributed by atoms with Crippen LogP contribution in [-0.4, -0.2) is 28.8 Å². The molecule has 0 fully saturated rings. The van der Waals surface area contributed by atoms with Crippen molar-refractivity contribution in [1.82, 2.24) is 15.8 Å². The number of hydrogen-bond acceptors (Lipinski definition) is 4. The molecule has 118 valence electrons. The summed E-state index contributed by atoms with van der Waals surface area (Å²) in [5.41, 5.74) is 0.555. The number of nitrogens with zero attached hydrogens (tertiary/aromatic N) is 1. The zero-order chi connectivity index (χ0) is 15.9. The van der Waals surface area contributed by atoms with Crippen LogP contribution >= 0.6 is 0 Å². The number of aromatic nitrogens is 1. The molecule has 7 heteroatoms. The maximum atomic E-state index is 11.6. The Kier molecular flexibility index (Phi) is 6.20. The monoisotopic (exact) mass is 297 g/mol. The van der Waals surface area contributed by atoms with Gasteiger partial charge < -0.3 is 20.3 Å². The van der Waals surface area contributed by atoms with Gasteiger partial charge in [0.25, 0.3) is 0 Å². The summed E-state index contributed by atoms with van der Waals surface area (Å²) in [5, 5.41) is 17.9. The molecule has 0 saturated heterocycles. The lowest BCUT2D eigenvalue weighted by Gasteiger charge is -2.23. The van der Waals surface area contributed by atoms with Crippen molar-refractivity contribution in [3.63, 3.8) is 0 Å². The second kappa shape index (κ2) is 7.66. The van der Waals surface area contributed by atoms with Crippen LogP contribution in [0.4, 0.5) is 4.79 Å². The lowest BCUT2D eigenvalue weighted by Crippen LogP contribution is -2.37. The molecule has 0 bridgehead atoms. The Balaban J connectivity index is 2.19. The fourth-order valence-electron chi connectivity index (χ4n) is 1.82. The minimum absolute atomic E-state index is 0.116. The third kappa shape index (κ3) is 7.34. The normalized spacial score (nSPS) is 11.2. The number of aliphatic carboxylic acids is 1. The van der Waals surface area contributed by atoms with Crippen LogP contribution in [0, 0.1) is 12.3 Å². The smallest absolute Gasteiger partial charge is 0.315 e. The molecule has 0 aliphatic carbocycles. The predicted octanol–water partition coefficient (Wildman–Crippen LogP) is 2.06. The minimum atomic E-state index is -0.795. The minimum Gasteiger partial charge on any atom is -0.481 e. The van der Waals surface area contributed by atoms with E-state index in [9.17, 15) is 9.59 Å². The molecule has 1 aromatic heterocycles. The number of carbonyl (C=O) groups is 2. The predicted molar refractivity (Wildman–Crippen MR) is 76.7 cm³/mol. The van der Waals surface area contributed by atoms with E-state index in [1.54, 1.807) is 13.0 Å². The lowest BCUT2D eigenvalue weighted by molar-refractivity contribution is -0.137.